The number of fused-ring (bicyclic) bond motifs is 2. The van der Waals surface area contributed by atoms with E-state index < -0.39 is 0 Å². The average molecular weight is 216 g/mol. The first-order valence-corrected chi connectivity index (χ1v) is 5.91. The maximum absolute atomic E-state index is 11.9. The summed E-state index contributed by atoms with van der Waals surface area (Å²) in [5, 5.41) is 0. The Labute approximate surface area is 95.6 Å². The zero-order chi connectivity index (χ0) is 11.3. The van der Waals surface area contributed by atoms with E-state index in [2.05, 4.69) is 19.9 Å². The van der Waals surface area contributed by atoms with Crippen molar-refractivity contribution in [2.75, 3.05) is 6.61 Å². The summed E-state index contributed by atoms with van der Waals surface area (Å²) in [7, 11) is 0. The van der Waals surface area contributed by atoms with Crippen LogP contribution in [0.4, 0.5) is 0 Å². The number of rotatable bonds is 0. The Kier molecular flexibility index (Phi) is 1.91. The van der Waals surface area contributed by atoms with Gasteiger partial charge in [0.05, 0.1) is 6.61 Å². The molecule has 0 spiro atoms. The second-order valence-corrected chi connectivity index (χ2v) is 5.41. The second-order valence-electron chi connectivity index (χ2n) is 5.41. The lowest BCUT2D eigenvalue weighted by molar-refractivity contribution is 0.0956. The molecule has 2 aliphatic rings. The van der Waals surface area contributed by atoms with Crippen LogP contribution in [-0.4, -0.2) is 12.4 Å². The van der Waals surface area contributed by atoms with Crippen LogP contribution in [0.25, 0.3) is 0 Å². The fraction of sp³-hybridized carbons (Fsp3) is 0.500. The van der Waals surface area contributed by atoms with Crippen molar-refractivity contribution in [3.8, 4) is 5.75 Å². The predicted octanol–water partition coefficient (Wildman–Crippen LogP) is 2.88. The maximum atomic E-state index is 11.9. The van der Waals surface area contributed by atoms with Crippen molar-refractivity contribution in [1.29, 1.82) is 0 Å². The molecule has 0 saturated heterocycles. The van der Waals surface area contributed by atoms with E-state index in [4.69, 9.17) is 4.74 Å². The van der Waals surface area contributed by atoms with Crippen molar-refractivity contribution >= 4 is 5.78 Å². The van der Waals surface area contributed by atoms with Crippen molar-refractivity contribution in [2.24, 2.45) is 0 Å². The maximum Gasteiger partial charge on any atom is 0.163 e. The third kappa shape index (κ3) is 1.29. The molecule has 2 heteroatoms. The van der Waals surface area contributed by atoms with E-state index in [1.807, 2.05) is 6.07 Å². The zero-order valence-corrected chi connectivity index (χ0v) is 9.80. The number of benzene rings is 1. The molecule has 0 saturated carbocycles. The van der Waals surface area contributed by atoms with Crippen LogP contribution >= 0.6 is 0 Å². The van der Waals surface area contributed by atoms with Crippen LogP contribution in [-0.2, 0) is 11.8 Å². The summed E-state index contributed by atoms with van der Waals surface area (Å²) in [5.74, 6) is 1.19. The van der Waals surface area contributed by atoms with Gasteiger partial charge in [-0.1, -0.05) is 19.9 Å². The van der Waals surface area contributed by atoms with Crippen molar-refractivity contribution < 1.29 is 9.53 Å². The zero-order valence-electron chi connectivity index (χ0n) is 9.80. The molecule has 0 aromatic heterocycles. The molecule has 0 fully saturated rings. The summed E-state index contributed by atoms with van der Waals surface area (Å²) >= 11 is 0. The van der Waals surface area contributed by atoms with Crippen LogP contribution < -0.4 is 4.74 Å². The smallest absolute Gasteiger partial charge is 0.163 e. The summed E-state index contributed by atoms with van der Waals surface area (Å²) in [5.41, 5.74) is 3.49. The molecule has 1 aromatic rings. The van der Waals surface area contributed by atoms with Gasteiger partial charge in [0.25, 0.3) is 0 Å². The number of hydrogen-bond donors (Lipinski definition) is 0. The number of hydrogen-bond acceptors (Lipinski definition) is 2. The number of carbonyl (C=O) groups excluding carboxylic acids is 1. The van der Waals surface area contributed by atoms with E-state index in [0.29, 0.717) is 6.42 Å². The Balaban J connectivity index is 2.23. The van der Waals surface area contributed by atoms with Crippen LogP contribution in [0.3, 0.4) is 0 Å². The Hall–Kier alpha value is -1.31. The van der Waals surface area contributed by atoms with Crippen LogP contribution in [0, 0.1) is 0 Å². The summed E-state index contributed by atoms with van der Waals surface area (Å²) in [6.07, 6.45) is 2.60. The molecule has 0 unspecified atom stereocenters. The van der Waals surface area contributed by atoms with Crippen LogP contribution in [0.2, 0.25) is 0 Å². The molecule has 0 N–H and O–H groups in total. The van der Waals surface area contributed by atoms with E-state index >= 15 is 0 Å². The Morgan fingerprint density at radius 3 is 2.88 bits per heavy atom. The fourth-order valence-electron chi connectivity index (χ4n) is 2.71. The van der Waals surface area contributed by atoms with Crippen LogP contribution in [0.5, 0.6) is 5.75 Å². The topological polar surface area (TPSA) is 26.3 Å². The predicted molar refractivity (Wildman–Crippen MR) is 62.2 cm³/mol. The third-order valence-corrected chi connectivity index (χ3v) is 3.84. The van der Waals surface area contributed by atoms with Gasteiger partial charge in [-0.25, -0.2) is 0 Å². The average Bonchev–Trinajstić information content (AvgIpc) is 2.69. The quantitative estimate of drug-likeness (QED) is 0.666. The van der Waals surface area contributed by atoms with Gasteiger partial charge in [-0.15, -0.1) is 0 Å². The minimum atomic E-state index is 0.126. The molecule has 1 aliphatic carbocycles. The molecule has 1 aliphatic heterocycles. The molecule has 0 amide bonds. The van der Waals surface area contributed by atoms with Gasteiger partial charge < -0.3 is 4.74 Å². The Morgan fingerprint density at radius 2 is 2.06 bits per heavy atom. The molecule has 1 aromatic carbocycles. The molecular weight excluding hydrogens is 200 g/mol. The number of Topliss-reactive ketones (excluding diaryl/α,β-unsaturated/α-hetero) is 1. The van der Waals surface area contributed by atoms with Gasteiger partial charge in [0.1, 0.15) is 5.75 Å². The highest BCUT2D eigenvalue weighted by atomic mass is 16.5. The van der Waals surface area contributed by atoms with Gasteiger partial charge in [-0.3, -0.25) is 4.79 Å². The first-order valence-electron chi connectivity index (χ1n) is 5.91. The van der Waals surface area contributed by atoms with Gasteiger partial charge in [0, 0.05) is 18.4 Å². The summed E-state index contributed by atoms with van der Waals surface area (Å²) < 4.78 is 5.53. The van der Waals surface area contributed by atoms with Crippen LogP contribution in [0.1, 0.15) is 48.2 Å². The molecule has 16 heavy (non-hydrogen) atoms. The lowest BCUT2D eigenvalue weighted by Crippen LogP contribution is -2.27. The summed E-state index contributed by atoms with van der Waals surface area (Å²) in [6, 6.07) is 4.15. The van der Waals surface area contributed by atoms with Crippen molar-refractivity contribution in [1.82, 2.24) is 0 Å². The van der Waals surface area contributed by atoms with Gasteiger partial charge in [0.2, 0.25) is 0 Å². The van der Waals surface area contributed by atoms with Crippen molar-refractivity contribution in [3.05, 3.63) is 28.8 Å². The minimum absolute atomic E-state index is 0.126. The monoisotopic (exact) mass is 216 g/mol. The SMILES string of the molecule is CC1(C)CCC(=O)c2cc3c(cc21)CCO3. The lowest BCUT2D eigenvalue weighted by Gasteiger charge is -2.32. The minimum Gasteiger partial charge on any atom is -0.493 e. The molecule has 0 radical (unpaired) electrons. The number of ether oxygens (including phenoxy) is 1. The van der Waals surface area contributed by atoms with Gasteiger partial charge in [0.15, 0.2) is 5.78 Å². The number of ketones is 1. The highest BCUT2D eigenvalue weighted by molar-refractivity contribution is 5.99. The van der Waals surface area contributed by atoms with Gasteiger partial charge >= 0.3 is 0 Å². The molecule has 0 bridgehead atoms. The Bertz CT molecular complexity index is 472. The highest BCUT2D eigenvalue weighted by Crippen LogP contribution is 2.40. The van der Waals surface area contributed by atoms with E-state index in [0.717, 1.165) is 30.8 Å². The highest BCUT2D eigenvalue weighted by Gasteiger charge is 2.33. The fourth-order valence-corrected chi connectivity index (χ4v) is 2.71. The Morgan fingerprint density at radius 1 is 1.25 bits per heavy atom. The standard InChI is InChI=1S/C14H16O2/c1-14(2)5-3-12(15)10-8-13-9(4-6-16-13)7-11(10)14/h7-8H,3-6H2,1-2H3. The molecule has 1 heterocycles. The van der Waals surface area contributed by atoms with E-state index in [-0.39, 0.29) is 11.2 Å². The van der Waals surface area contributed by atoms with Gasteiger partial charge in [-0.05, 0) is 29.0 Å². The second kappa shape index (κ2) is 3.09. The largest absolute Gasteiger partial charge is 0.493 e. The number of carbonyl (C=O) groups is 1. The first kappa shape index (κ1) is 9.88. The molecule has 3 rings (SSSR count). The summed E-state index contributed by atoms with van der Waals surface area (Å²) in [6.45, 7) is 5.20. The van der Waals surface area contributed by atoms with Crippen molar-refractivity contribution in [3.63, 3.8) is 0 Å². The third-order valence-electron chi connectivity index (χ3n) is 3.84. The normalized spacial score (nSPS) is 21.2. The van der Waals surface area contributed by atoms with E-state index in [1.54, 1.807) is 0 Å². The van der Waals surface area contributed by atoms with Crippen LogP contribution in [0.15, 0.2) is 12.1 Å². The molecule has 0 atom stereocenters. The molecule has 84 valence electrons. The van der Waals surface area contributed by atoms with Gasteiger partial charge in [-0.2, -0.15) is 0 Å². The molecular formula is C14H16O2. The first-order chi connectivity index (χ1) is 7.58. The molecule has 2 nitrogen and oxygen atoms in total. The lowest BCUT2D eigenvalue weighted by atomic mass is 9.72. The van der Waals surface area contributed by atoms with Crippen molar-refractivity contribution in [2.45, 2.75) is 38.5 Å². The van der Waals surface area contributed by atoms with E-state index in [9.17, 15) is 4.79 Å². The summed E-state index contributed by atoms with van der Waals surface area (Å²) in [4.78, 5) is 11.9. The van der Waals surface area contributed by atoms with E-state index in [1.165, 1.54) is 11.1 Å².